The third kappa shape index (κ3) is 1.91. The summed E-state index contributed by atoms with van der Waals surface area (Å²) >= 11 is 0. The van der Waals surface area contributed by atoms with E-state index in [1.165, 1.54) is 0 Å². The van der Waals surface area contributed by atoms with Crippen LogP contribution in [0.3, 0.4) is 0 Å². The van der Waals surface area contributed by atoms with Crippen LogP contribution in [0.1, 0.15) is 11.3 Å². The minimum absolute atomic E-state index is 0.0897. The van der Waals surface area contributed by atoms with Gasteiger partial charge in [-0.25, -0.2) is 4.68 Å². The van der Waals surface area contributed by atoms with Gasteiger partial charge in [0.05, 0.1) is 18.4 Å². The molecule has 1 aliphatic rings. The molecule has 0 saturated carbocycles. The molecular formula is C12H12N4O. The van der Waals surface area contributed by atoms with E-state index in [9.17, 15) is 4.79 Å². The minimum atomic E-state index is 0.0897. The number of amides is 1. The summed E-state index contributed by atoms with van der Waals surface area (Å²) in [7, 11) is 0. The third-order valence-corrected chi connectivity index (χ3v) is 2.90. The highest BCUT2D eigenvalue weighted by Gasteiger charge is 2.23. The second-order valence-corrected chi connectivity index (χ2v) is 4.12. The van der Waals surface area contributed by atoms with Crippen molar-refractivity contribution in [2.45, 2.75) is 19.6 Å². The molecule has 2 aromatic rings. The highest BCUT2D eigenvalue weighted by atomic mass is 16.2. The van der Waals surface area contributed by atoms with Crippen LogP contribution in [-0.2, 0) is 24.4 Å². The molecule has 0 N–H and O–H groups in total. The van der Waals surface area contributed by atoms with E-state index in [1.54, 1.807) is 10.9 Å². The summed E-state index contributed by atoms with van der Waals surface area (Å²) in [5, 5.41) is 7.68. The Hall–Kier alpha value is -2.17. The summed E-state index contributed by atoms with van der Waals surface area (Å²) in [5.41, 5.74) is 2.13. The van der Waals surface area contributed by atoms with Crippen LogP contribution < -0.4 is 0 Å². The normalized spacial score (nSPS) is 14.8. The SMILES string of the molecule is O=C1Cn2nncc2CN1Cc1ccccc1. The van der Waals surface area contributed by atoms with Crippen LogP contribution >= 0.6 is 0 Å². The van der Waals surface area contributed by atoms with Crippen LogP contribution in [0.15, 0.2) is 36.5 Å². The molecule has 1 aromatic heterocycles. The van der Waals surface area contributed by atoms with Gasteiger partial charge >= 0.3 is 0 Å². The lowest BCUT2D eigenvalue weighted by molar-refractivity contribution is -0.135. The molecule has 0 bridgehead atoms. The number of aromatic nitrogens is 3. The van der Waals surface area contributed by atoms with Crippen LogP contribution in [0.2, 0.25) is 0 Å². The van der Waals surface area contributed by atoms with Crippen molar-refractivity contribution in [2.24, 2.45) is 0 Å². The number of rotatable bonds is 2. The molecule has 1 aromatic carbocycles. The number of carbonyl (C=O) groups is 1. The minimum Gasteiger partial charge on any atom is -0.331 e. The van der Waals surface area contributed by atoms with E-state index in [4.69, 9.17) is 0 Å². The number of benzene rings is 1. The molecule has 1 amide bonds. The van der Waals surface area contributed by atoms with Gasteiger partial charge in [-0.3, -0.25) is 4.79 Å². The van der Waals surface area contributed by atoms with Crippen molar-refractivity contribution in [3.05, 3.63) is 47.8 Å². The Morgan fingerprint density at radius 3 is 2.82 bits per heavy atom. The van der Waals surface area contributed by atoms with Crippen molar-refractivity contribution in [1.29, 1.82) is 0 Å². The van der Waals surface area contributed by atoms with Crippen molar-refractivity contribution >= 4 is 5.91 Å². The summed E-state index contributed by atoms with van der Waals surface area (Å²) in [6.07, 6.45) is 1.71. The third-order valence-electron chi connectivity index (χ3n) is 2.90. The largest absolute Gasteiger partial charge is 0.331 e. The molecular weight excluding hydrogens is 216 g/mol. The van der Waals surface area contributed by atoms with Gasteiger partial charge in [-0.1, -0.05) is 35.5 Å². The molecule has 5 heteroatoms. The Kier molecular flexibility index (Phi) is 2.36. The fraction of sp³-hybridized carbons (Fsp3) is 0.250. The summed E-state index contributed by atoms with van der Waals surface area (Å²) in [5.74, 6) is 0.0897. The molecule has 0 spiro atoms. The van der Waals surface area contributed by atoms with E-state index in [1.807, 2.05) is 35.2 Å². The van der Waals surface area contributed by atoms with E-state index in [-0.39, 0.29) is 5.91 Å². The summed E-state index contributed by atoms with van der Waals surface area (Å²) in [6, 6.07) is 9.99. The summed E-state index contributed by atoms with van der Waals surface area (Å²) in [6.45, 7) is 1.52. The molecule has 3 rings (SSSR count). The van der Waals surface area contributed by atoms with Crippen LogP contribution in [0, 0.1) is 0 Å². The second-order valence-electron chi connectivity index (χ2n) is 4.12. The molecule has 0 saturated heterocycles. The van der Waals surface area contributed by atoms with E-state index in [0.717, 1.165) is 11.3 Å². The van der Waals surface area contributed by atoms with Crippen LogP contribution in [0.5, 0.6) is 0 Å². The van der Waals surface area contributed by atoms with Gasteiger partial charge in [0.2, 0.25) is 5.91 Å². The monoisotopic (exact) mass is 228 g/mol. The zero-order valence-corrected chi connectivity index (χ0v) is 9.28. The number of hydrogen-bond acceptors (Lipinski definition) is 3. The van der Waals surface area contributed by atoms with Crippen molar-refractivity contribution in [2.75, 3.05) is 0 Å². The van der Waals surface area contributed by atoms with E-state index in [2.05, 4.69) is 10.3 Å². The molecule has 0 atom stereocenters. The number of nitrogens with zero attached hydrogens (tertiary/aromatic N) is 4. The van der Waals surface area contributed by atoms with Crippen molar-refractivity contribution < 1.29 is 4.79 Å². The number of carbonyl (C=O) groups excluding carboxylic acids is 1. The van der Waals surface area contributed by atoms with Gasteiger partial charge in [0, 0.05) is 6.54 Å². The van der Waals surface area contributed by atoms with Crippen molar-refractivity contribution in [3.63, 3.8) is 0 Å². The standard InChI is InChI=1S/C12H12N4O/c17-12-9-16-11(6-13-14-16)8-15(12)7-10-4-2-1-3-5-10/h1-6H,7-9H2. The van der Waals surface area contributed by atoms with E-state index < -0.39 is 0 Å². The molecule has 0 fully saturated rings. The summed E-state index contributed by atoms with van der Waals surface area (Å²) < 4.78 is 1.66. The van der Waals surface area contributed by atoms with Crippen molar-refractivity contribution in [1.82, 2.24) is 19.9 Å². The zero-order chi connectivity index (χ0) is 11.7. The first-order valence-corrected chi connectivity index (χ1v) is 5.52. The average Bonchev–Trinajstić information content (AvgIpc) is 2.78. The fourth-order valence-electron chi connectivity index (χ4n) is 1.99. The zero-order valence-electron chi connectivity index (χ0n) is 9.28. The maximum atomic E-state index is 11.9. The molecule has 86 valence electrons. The molecule has 5 nitrogen and oxygen atoms in total. The Balaban J connectivity index is 1.79. The van der Waals surface area contributed by atoms with Gasteiger partial charge < -0.3 is 4.90 Å². The van der Waals surface area contributed by atoms with Crippen LogP contribution in [0.25, 0.3) is 0 Å². The molecule has 0 aliphatic carbocycles. The average molecular weight is 228 g/mol. The lowest BCUT2D eigenvalue weighted by atomic mass is 10.2. The second kappa shape index (κ2) is 4.01. The maximum absolute atomic E-state index is 11.9. The predicted octanol–water partition coefficient (Wildman–Crippen LogP) is 0.820. The Bertz CT molecular complexity index is 534. The highest BCUT2D eigenvalue weighted by Crippen LogP contribution is 2.14. The quantitative estimate of drug-likeness (QED) is 0.764. The first-order chi connectivity index (χ1) is 8.33. The summed E-state index contributed by atoms with van der Waals surface area (Å²) in [4.78, 5) is 13.7. The Morgan fingerprint density at radius 2 is 2.00 bits per heavy atom. The lowest BCUT2D eigenvalue weighted by Crippen LogP contribution is -2.38. The smallest absolute Gasteiger partial charge is 0.245 e. The van der Waals surface area contributed by atoms with Crippen molar-refractivity contribution in [3.8, 4) is 0 Å². The Labute approximate surface area is 98.7 Å². The fourth-order valence-corrected chi connectivity index (χ4v) is 1.99. The Morgan fingerprint density at radius 1 is 1.18 bits per heavy atom. The lowest BCUT2D eigenvalue weighted by Gasteiger charge is -2.27. The van der Waals surface area contributed by atoms with Gasteiger partial charge in [0.1, 0.15) is 6.54 Å². The number of fused-ring (bicyclic) bond motifs is 1. The van der Waals surface area contributed by atoms with Crippen LogP contribution in [0.4, 0.5) is 0 Å². The van der Waals surface area contributed by atoms with Crippen LogP contribution in [-0.4, -0.2) is 25.8 Å². The molecule has 2 heterocycles. The number of hydrogen-bond donors (Lipinski definition) is 0. The van der Waals surface area contributed by atoms with Gasteiger partial charge in [0.25, 0.3) is 0 Å². The first kappa shape index (κ1) is 10.0. The highest BCUT2D eigenvalue weighted by molar-refractivity contribution is 5.76. The molecule has 1 aliphatic heterocycles. The molecule has 0 unspecified atom stereocenters. The van der Waals surface area contributed by atoms with E-state index >= 15 is 0 Å². The van der Waals surface area contributed by atoms with Gasteiger partial charge in [-0.05, 0) is 5.56 Å². The van der Waals surface area contributed by atoms with Gasteiger partial charge in [0.15, 0.2) is 0 Å². The molecule has 17 heavy (non-hydrogen) atoms. The predicted molar refractivity (Wildman–Crippen MR) is 60.7 cm³/mol. The topological polar surface area (TPSA) is 51.0 Å². The molecule has 0 radical (unpaired) electrons. The van der Waals surface area contributed by atoms with Gasteiger partial charge in [-0.2, -0.15) is 0 Å². The first-order valence-electron chi connectivity index (χ1n) is 5.52. The maximum Gasteiger partial charge on any atom is 0.245 e. The van der Waals surface area contributed by atoms with Gasteiger partial charge in [-0.15, -0.1) is 5.10 Å². The van der Waals surface area contributed by atoms with E-state index in [0.29, 0.717) is 19.6 Å².